The van der Waals surface area contributed by atoms with Crippen LogP contribution in [0.4, 0.5) is 0 Å². The van der Waals surface area contributed by atoms with E-state index in [1.165, 1.54) is 27.7 Å². The number of esters is 3. The quantitative estimate of drug-likeness (QED) is 0.122. The molecule has 14 nitrogen and oxygen atoms in total. The molecular weight excluding hydrogens is 702 g/mol. The van der Waals surface area contributed by atoms with E-state index in [0.717, 1.165) is 6.92 Å². The molecule has 0 spiro atoms. The molecule has 3 aliphatic carbocycles. The molecule has 2 saturated carbocycles. The maximum absolute atomic E-state index is 14.0. The van der Waals surface area contributed by atoms with Gasteiger partial charge in [0.25, 0.3) is 5.91 Å². The normalized spacial score (nSPS) is 35.5. The summed E-state index contributed by atoms with van der Waals surface area (Å²) in [6.45, 7) is 8.02. The third-order valence-corrected chi connectivity index (χ3v) is 12.3. The lowest BCUT2D eigenvalue weighted by atomic mass is 9.50. The number of carbonyl (C=O) groups excluding carboxylic acids is 4. The summed E-state index contributed by atoms with van der Waals surface area (Å²) in [5, 5.41) is 63.4. The number of hydrogen-bond acceptors (Lipinski definition) is 13. The summed E-state index contributed by atoms with van der Waals surface area (Å²) in [4.78, 5) is 52.6. The van der Waals surface area contributed by atoms with Crippen molar-refractivity contribution in [1.82, 2.24) is 5.32 Å². The maximum atomic E-state index is 14.0. The van der Waals surface area contributed by atoms with Gasteiger partial charge in [-0.2, -0.15) is 0 Å². The number of nitrogens with one attached hydrogen (secondary N) is 1. The van der Waals surface area contributed by atoms with E-state index in [0.29, 0.717) is 5.56 Å². The summed E-state index contributed by atoms with van der Waals surface area (Å²) >= 11 is 0. The Morgan fingerprint density at radius 1 is 0.926 bits per heavy atom. The van der Waals surface area contributed by atoms with Crippen molar-refractivity contribution in [2.75, 3.05) is 6.61 Å². The van der Waals surface area contributed by atoms with Crippen LogP contribution in [0, 0.1) is 16.7 Å². The van der Waals surface area contributed by atoms with Crippen molar-refractivity contribution >= 4 is 23.8 Å². The molecule has 14 heteroatoms. The van der Waals surface area contributed by atoms with E-state index in [2.05, 4.69) is 5.32 Å². The van der Waals surface area contributed by atoms with Gasteiger partial charge in [0.1, 0.15) is 18.3 Å². The third kappa shape index (κ3) is 6.13. The molecule has 3 fully saturated rings. The summed E-state index contributed by atoms with van der Waals surface area (Å²) in [5.41, 5.74) is -6.08. The van der Waals surface area contributed by atoms with Crippen LogP contribution in [0.5, 0.6) is 0 Å². The molecule has 4 aliphatic rings. The zero-order valence-corrected chi connectivity index (χ0v) is 31.1. The number of ether oxygens (including phenoxy) is 4. The zero-order valence-electron chi connectivity index (χ0n) is 31.1. The van der Waals surface area contributed by atoms with Gasteiger partial charge in [0.15, 0.2) is 17.8 Å². The van der Waals surface area contributed by atoms with Crippen molar-refractivity contribution in [2.24, 2.45) is 16.7 Å². The first-order valence-corrected chi connectivity index (χ1v) is 18.1. The number of carbonyl (C=O) groups is 4. The molecular formula is C40H49NO13. The molecule has 54 heavy (non-hydrogen) atoms. The first-order chi connectivity index (χ1) is 25.3. The SMILES string of the molecule is CC(=O)O[C@H]1C2=C(C)[C@@H](OC(=O)[C@H](O)[C@@H](NC(=O)c3ccccc3)c3ccccc3)C[C@@]2(C(C)(C)O)[C@@H](O)C2[C@@](C)([C@@H](O)C[C@H]3OC[C@@]23OC(C)=O)[C@H]1O. The van der Waals surface area contributed by atoms with Crippen LogP contribution in [0.2, 0.25) is 0 Å². The third-order valence-electron chi connectivity index (χ3n) is 12.3. The summed E-state index contributed by atoms with van der Waals surface area (Å²) < 4.78 is 23.5. The van der Waals surface area contributed by atoms with Crippen molar-refractivity contribution in [3.8, 4) is 0 Å². The Hall–Kier alpha value is -4.18. The van der Waals surface area contributed by atoms with Crippen LogP contribution in [-0.4, -0.2) is 110 Å². The number of amides is 1. The average Bonchev–Trinajstić information content (AvgIpc) is 3.39. The molecule has 6 rings (SSSR count). The minimum atomic E-state index is -1.95. The molecule has 0 aromatic heterocycles. The van der Waals surface area contributed by atoms with Crippen molar-refractivity contribution in [2.45, 2.75) is 114 Å². The van der Waals surface area contributed by atoms with Gasteiger partial charge >= 0.3 is 17.9 Å². The molecule has 2 aromatic rings. The molecule has 6 N–H and O–H groups in total. The van der Waals surface area contributed by atoms with E-state index in [-0.39, 0.29) is 36.2 Å². The molecule has 2 aromatic carbocycles. The highest BCUT2D eigenvalue weighted by Gasteiger charge is 2.78. The van der Waals surface area contributed by atoms with Gasteiger partial charge in [-0.05, 0) is 49.6 Å². The predicted octanol–water partition coefficient (Wildman–Crippen LogP) is 1.66. The van der Waals surface area contributed by atoms with Crippen molar-refractivity contribution in [3.05, 3.63) is 82.9 Å². The maximum Gasteiger partial charge on any atom is 0.338 e. The highest BCUT2D eigenvalue weighted by atomic mass is 16.6. The van der Waals surface area contributed by atoms with E-state index >= 15 is 0 Å². The molecule has 1 saturated heterocycles. The Morgan fingerprint density at radius 2 is 1.54 bits per heavy atom. The standard InChI is InChI=1S/C40H49NO13/c1-20-25(53-36(49)30(45)29(23-13-9-7-10-14-23)41-35(48)24-15-11-8-12-16-24)18-39(37(4,5)50)28(20)31(52-21(2)42)33(46)38(6)26(44)17-27-40(19-51-27,54-22(3)43)32(38)34(39)47/h7-16,25-27,29-34,44-47,50H,17-19H2,1-6H3,(H,41,48)/t25-,26-,27+,29-,30+,31-,32?,33-,34-,38+,39-,40-/m0/s1. The average molecular weight is 752 g/mol. The monoisotopic (exact) mass is 751 g/mol. The first kappa shape index (κ1) is 39.5. The van der Waals surface area contributed by atoms with Crippen molar-refractivity contribution in [1.29, 1.82) is 0 Å². The summed E-state index contributed by atoms with van der Waals surface area (Å²) in [5.74, 6) is -4.53. The minimum Gasteiger partial charge on any atom is -0.456 e. The largest absolute Gasteiger partial charge is 0.456 e. The number of hydrogen-bond donors (Lipinski definition) is 6. The number of aliphatic hydroxyl groups is 5. The minimum absolute atomic E-state index is 0.0621. The Balaban J connectivity index is 1.44. The van der Waals surface area contributed by atoms with Crippen LogP contribution < -0.4 is 5.32 Å². The molecule has 1 unspecified atom stereocenters. The summed E-state index contributed by atoms with van der Waals surface area (Å²) in [7, 11) is 0. The molecule has 292 valence electrons. The fourth-order valence-electron chi connectivity index (χ4n) is 9.67. The van der Waals surface area contributed by atoms with E-state index in [9.17, 15) is 44.7 Å². The van der Waals surface area contributed by atoms with Gasteiger partial charge in [-0.1, -0.05) is 55.5 Å². The van der Waals surface area contributed by atoms with Crippen LogP contribution in [0.1, 0.15) is 76.3 Å². The van der Waals surface area contributed by atoms with Gasteiger partial charge in [-0.15, -0.1) is 0 Å². The molecule has 1 amide bonds. The topological polar surface area (TPSA) is 218 Å². The van der Waals surface area contributed by atoms with Crippen molar-refractivity contribution in [3.63, 3.8) is 0 Å². The molecule has 1 aliphatic heterocycles. The Bertz CT molecular complexity index is 1810. The van der Waals surface area contributed by atoms with Gasteiger partial charge in [-0.25, -0.2) is 4.79 Å². The van der Waals surface area contributed by atoms with Crippen LogP contribution in [0.3, 0.4) is 0 Å². The van der Waals surface area contributed by atoms with Crippen LogP contribution in [-0.2, 0) is 33.3 Å². The van der Waals surface area contributed by atoms with E-state index in [1.54, 1.807) is 67.6 Å². The van der Waals surface area contributed by atoms with Crippen molar-refractivity contribution < 1.29 is 63.7 Å². The zero-order chi connectivity index (χ0) is 39.5. The molecule has 1 heterocycles. The summed E-state index contributed by atoms with van der Waals surface area (Å²) in [6, 6.07) is 15.3. The second kappa shape index (κ2) is 14.2. The number of benzene rings is 2. The van der Waals surface area contributed by atoms with Gasteiger partial charge in [0, 0.05) is 43.6 Å². The van der Waals surface area contributed by atoms with E-state index in [1.807, 2.05) is 0 Å². The lowest BCUT2D eigenvalue weighted by molar-refractivity contribution is -0.351. The highest BCUT2D eigenvalue weighted by molar-refractivity contribution is 5.95. The lowest BCUT2D eigenvalue weighted by Crippen LogP contribution is -2.78. The van der Waals surface area contributed by atoms with E-state index in [4.69, 9.17) is 18.9 Å². The van der Waals surface area contributed by atoms with Gasteiger partial charge in [0.05, 0.1) is 35.9 Å². The fourth-order valence-corrected chi connectivity index (χ4v) is 9.67. The molecule has 0 bridgehead atoms. The molecule has 0 radical (unpaired) electrons. The van der Waals surface area contributed by atoms with E-state index < -0.39 is 101 Å². The Labute approximate surface area is 313 Å². The predicted molar refractivity (Wildman–Crippen MR) is 189 cm³/mol. The Morgan fingerprint density at radius 3 is 2.07 bits per heavy atom. The van der Waals surface area contributed by atoms with Crippen LogP contribution in [0.15, 0.2) is 71.8 Å². The second-order valence-electron chi connectivity index (χ2n) is 15.8. The Kier molecular flexibility index (Phi) is 10.4. The van der Waals surface area contributed by atoms with Gasteiger partial charge in [-0.3, -0.25) is 14.4 Å². The first-order valence-electron chi connectivity index (χ1n) is 18.1. The lowest BCUT2D eigenvalue weighted by Gasteiger charge is -2.65. The van der Waals surface area contributed by atoms with Crippen LogP contribution in [0.25, 0.3) is 0 Å². The van der Waals surface area contributed by atoms with Gasteiger partial charge < -0.3 is 49.8 Å². The fraction of sp³-hybridized carbons (Fsp3) is 0.550. The smallest absolute Gasteiger partial charge is 0.338 e. The molecule has 12 atom stereocenters. The second-order valence-corrected chi connectivity index (χ2v) is 15.8. The summed E-state index contributed by atoms with van der Waals surface area (Å²) in [6.07, 6.45) is -10.9. The number of rotatable bonds is 9. The number of fused-ring (bicyclic) bond motifs is 4. The van der Waals surface area contributed by atoms with Crippen LogP contribution >= 0.6 is 0 Å². The van der Waals surface area contributed by atoms with Gasteiger partial charge in [0.2, 0.25) is 0 Å². The number of aliphatic hydroxyl groups excluding tert-OH is 4. The highest BCUT2D eigenvalue weighted by Crippen LogP contribution is 2.67.